The van der Waals surface area contributed by atoms with Gasteiger partial charge in [0.25, 0.3) is 0 Å². The monoisotopic (exact) mass is 263 g/mol. The van der Waals surface area contributed by atoms with Crippen LogP contribution in [0.2, 0.25) is 0 Å². The molecule has 0 bridgehead atoms. The second-order valence-electron chi connectivity index (χ2n) is 4.90. The quantitative estimate of drug-likeness (QED) is 0.910. The molecule has 0 atom stereocenters. The number of hydrogen-bond acceptors (Lipinski definition) is 3. The maximum absolute atomic E-state index is 11.8. The van der Waals surface area contributed by atoms with Crippen LogP contribution in [0.1, 0.15) is 12.8 Å². The van der Waals surface area contributed by atoms with Gasteiger partial charge in [0.1, 0.15) is 5.75 Å². The summed E-state index contributed by atoms with van der Waals surface area (Å²) in [6, 6.07) is 5.76. The number of rotatable bonds is 3. The van der Waals surface area contributed by atoms with E-state index in [1.807, 2.05) is 18.2 Å². The highest BCUT2D eigenvalue weighted by molar-refractivity contribution is 5.91. The molecule has 0 unspecified atom stereocenters. The highest BCUT2D eigenvalue weighted by atomic mass is 16.5. The fourth-order valence-corrected chi connectivity index (χ4v) is 2.19. The Bertz CT molecular complexity index is 454. The molecule has 2 amide bonds. The summed E-state index contributed by atoms with van der Waals surface area (Å²) in [4.78, 5) is 15.6. The molecular formula is C14H21N3O2. The Hall–Kier alpha value is -1.91. The predicted octanol–water partition coefficient (Wildman–Crippen LogP) is 2.39. The molecule has 5 heteroatoms. The summed E-state index contributed by atoms with van der Waals surface area (Å²) in [5.41, 5.74) is 1.85. The third-order valence-corrected chi connectivity index (χ3v) is 3.30. The molecule has 0 radical (unpaired) electrons. The topological polar surface area (TPSA) is 44.8 Å². The van der Waals surface area contributed by atoms with Crippen LogP contribution in [0.5, 0.6) is 5.75 Å². The third kappa shape index (κ3) is 3.10. The number of nitrogens with zero attached hydrogens (tertiary/aromatic N) is 2. The first-order valence-corrected chi connectivity index (χ1v) is 6.53. The molecule has 1 aliphatic rings. The van der Waals surface area contributed by atoms with E-state index in [-0.39, 0.29) is 6.03 Å². The Morgan fingerprint density at radius 3 is 2.58 bits per heavy atom. The number of urea groups is 1. The second-order valence-corrected chi connectivity index (χ2v) is 4.90. The van der Waals surface area contributed by atoms with Crippen molar-refractivity contribution in [2.75, 3.05) is 44.5 Å². The van der Waals surface area contributed by atoms with Crippen molar-refractivity contribution in [3.63, 3.8) is 0 Å². The van der Waals surface area contributed by atoms with Crippen LogP contribution >= 0.6 is 0 Å². The van der Waals surface area contributed by atoms with Crippen LogP contribution in [-0.2, 0) is 0 Å². The molecule has 1 N–H and O–H groups in total. The Morgan fingerprint density at radius 2 is 2.00 bits per heavy atom. The minimum atomic E-state index is -0.156. The summed E-state index contributed by atoms with van der Waals surface area (Å²) < 4.78 is 5.29. The summed E-state index contributed by atoms with van der Waals surface area (Å²) >= 11 is 0. The first kappa shape index (κ1) is 13.5. The number of amides is 2. The van der Waals surface area contributed by atoms with Crippen molar-refractivity contribution in [1.82, 2.24) is 4.90 Å². The average Bonchev–Trinajstić information content (AvgIpc) is 2.92. The molecule has 1 saturated heterocycles. The maximum Gasteiger partial charge on any atom is 0.321 e. The molecule has 1 fully saturated rings. The molecule has 19 heavy (non-hydrogen) atoms. The molecule has 1 heterocycles. The predicted molar refractivity (Wildman–Crippen MR) is 77.1 cm³/mol. The van der Waals surface area contributed by atoms with E-state index in [4.69, 9.17) is 4.74 Å². The molecule has 1 aromatic carbocycles. The summed E-state index contributed by atoms with van der Waals surface area (Å²) in [6.07, 6.45) is 2.46. The van der Waals surface area contributed by atoms with E-state index >= 15 is 0 Å². The lowest BCUT2D eigenvalue weighted by molar-refractivity contribution is 0.230. The van der Waals surface area contributed by atoms with Crippen LogP contribution in [0.3, 0.4) is 0 Å². The van der Waals surface area contributed by atoms with Gasteiger partial charge in [-0.1, -0.05) is 0 Å². The van der Waals surface area contributed by atoms with Gasteiger partial charge in [-0.15, -0.1) is 0 Å². The largest absolute Gasteiger partial charge is 0.495 e. The van der Waals surface area contributed by atoms with Crippen molar-refractivity contribution in [1.29, 1.82) is 0 Å². The number of benzene rings is 1. The lowest BCUT2D eigenvalue weighted by Gasteiger charge is -2.20. The zero-order valence-corrected chi connectivity index (χ0v) is 11.8. The highest BCUT2D eigenvalue weighted by Gasteiger charge is 2.15. The zero-order chi connectivity index (χ0) is 13.8. The van der Waals surface area contributed by atoms with Crippen LogP contribution in [0, 0.1) is 0 Å². The van der Waals surface area contributed by atoms with Crippen LogP contribution in [0.4, 0.5) is 16.2 Å². The zero-order valence-electron chi connectivity index (χ0n) is 11.8. The summed E-state index contributed by atoms with van der Waals surface area (Å²) in [7, 11) is 5.04. The maximum atomic E-state index is 11.8. The molecule has 1 aromatic rings. The number of nitrogens with one attached hydrogen (secondary N) is 1. The lowest BCUT2D eigenvalue weighted by Crippen LogP contribution is -2.27. The summed E-state index contributed by atoms with van der Waals surface area (Å²) in [5.74, 6) is 0.679. The van der Waals surface area contributed by atoms with Gasteiger partial charge >= 0.3 is 6.03 Å². The number of ether oxygens (including phenoxy) is 1. The van der Waals surface area contributed by atoms with Crippen LogP contribution in [-0.4, -0.2) is 45.2 Å². The van der Waals surface area contributed by atoms with Gasteiger partial charge in [-0.25, -0.2) is 4.79 Å². The average molecular weight is 263 g/mol. The van der Waals surface area contributed by atoms with Gasteiger partial charge < -0.3 is 19.9 Å². The molecule has 0 aliphatic carbocycles. The van der Waals surface area contributed by atoms with Crippen LogP contribution in [0.25, 0.3) is 0 Å². The second kappa shape index (κ2) is 5.82. The van der Waals surface area contributed by atoms with Crippen molar-refractivity contribution in [3.05, 3.63) is 18.2 Å². The number of hydrogen-bond donors (Lipinski definition) is 1. The summed E-state index contributed by atoms with van der Waals surface area (Å²) in [5, 5.41) is 2.86. The molecule has 104 valence electrons. The van der Waals surface area contributed by atoms with Crippen molar-refractivity contribution in [2.45, 2.75) is 12.8 Å². The van der Waals surface area contributed by atoms with E-state index in [1.54, 1.807) is 21.2 Å². The molecule has 1 aliphatic heterocycles. The first-order valence-electron chi connectivity index (χ1n) is 6.53. The molecule has 0 aromatic heterocycles. The van der Waals surface area contributed by atoms with Crippen molar-refractivity contribution in [3.8, 4) is 5.75 Å². The molecular weight excluding hydrogens is 242 g/mol. The lowest BCUT2D eigenvalue weighted by atomic mass is 10.2. The van der Waals surface area contributed by atoms with Crippen molar-refractivity contribution in [2.24, 2.45) is 0 Å². The standard InChI is InChI=1S/C14H21N3O2/c1-16(2)14(18)15-12-10-11(6-7-13(12)19-3)17-8-4-5-9-17/h6-7,10H,4-5,8-9H2,1-3H3,(H,15,18). The highest BCUT2D eigenvalue weighted by Crippen LogP contribution is 2.31. The van der Waals surface area contributed by atoms with Gasteiger partial charge in [0, 0.05) is 32.9 Å². The summed E-state index contributed by atoms with van der Waals surface area (Å²) in [6.45, 7) is 2.15. The fourth-order valence-electron chi connectivity index (χ4n) is 2.19. The van der Waals surface area contributed by atoms with Crippen molar-refractivity contribution >= 4 is 17.4 Å². The van der Waals surface area contributed by atoms with E-state index in [1.165, 1.54) is 17.7 Å². The smallest absolute Gasteiger partial charge is 0.321 e. The molecule has 2 rings (SSSR count). The van der Waals surface area contributed by atoms with Gasteiger partial charge in [0.15, 0.2) is 0 Å². The van der Waals surface area contributed by atoms with E-state index < -0.39 is 0 Å². The number of carbonyl (C=O) groups excluding carboxylic acids is 1. The first-order chi connectivity index (χ1) is 9.11. The third-order valence-electron chi connectivity index (χ3n) is 3.30. The van der Waals surface area contributed by atoms with E-state index in [0.29, 0.717) is 11.4 Å². The number of anilines is 2. The molecule has 5 nitrogen and oxygen atoms in total. The van der Waals surface area contributed by atoms with Crippen molar-refractivity contribution < 1.29 is 9.53 Å². The van der Waals surface area contributed by atoms with Gasteiger partial charge in [0.05, 0.1) is 12.8 Å². The van der Waals surface area contributed by atoms with Crippen LogP contribution in [0.15, 0.2) is 18.2 Å². The minimum absolute atomic E-state index is 0.156. The number of carbonyl (C=O) groups is 1. The van der Waals surface area contributed by atoms with Gasteiger partial charge in [-0.2, -0.15) is 0 Å². The van der Waals surface area contributed by atoms with Gasteiger partial charge in [-0.05, 0) is 31.0 Å². The fraction of sp³-hybridized carbons (Fsp3) is 0.500. The number of methoxy groups -OCH3 is 1. The van der Waals surface area contributed by atoms with Gasteiger partial charge in [-0.3, -0.25) is 0 Å². The Morgan fingerprint density at radius 1 is 1.32 bits per heavy atom. The van der Waals surface area contributed by atoms with Gasteiger partial charge in [0.2, 0.25) is 0 Å². The van der Waals surface area contributed by atoms with E-state index in [9.17, 15) is 4.79 Å². The Balaban J connectivity index is 2.23. The Kier molecular flexibility index (Phi) is 4.14. The Labute approximate surface area is 114 Å². The molecule has 0 spiro atoms. The van der Waals surface area contributed by atoms with Crippen LogP contribution < -0.4 is 15.0 Å². The normalized spacial score (nSPS) is 14.4. The SMILES string of the molecule is COc1ccc(N2CCCC2)cc1NC(=O)N(C)C. The minimum Gasteiger partial charge on any atom is -0.495 e. The van der Waals surface area contributed by atoms with E-state index in [0.717, 1.165) is 18.8 Å². The van der Waals surface area contributed by atoms with E-state index in [2.05, 4.69) is 10.2 Å². The molecule has 0 saturated carbocycles.